The van der Waals surface area contributed by atoms with Crippen molar-refractivity contribution in [3.8, 4) is 0 Å². The van der Waals surface area contributed by atoms with Crippen LogP contribution < -0.4 is 11.1 Å². The molecule has 2 amide bonds. The molecule has 2 saturated heterocycles. The lowest BCUT2D eigenvalue weighted by Crippen LogP contribution is -2.78. The number of carbonyl (C=O) groups is 1. The highest BCUT2D eigenvalue weighted by molar-refractivity contribution is 5.73. The molecule has 0 aromatic rings. The van der Waals surface area contributed by atoms with E-state index in [0.29, 0.717) is 13.1 Å². The summed E-state index contributed by atoms with van der Waals surface area (Å²) in [5, 5.41) is 3.18. The van der Waals surface area contributed by atoms with Crippen LogP contribution in [0.4, 0.5) is 4.79 Å². The summed E-state index contributed by atoms with van der Waals surface area (Å²) in [6.07, 6.45) is 0.872. The molecule has 74 valence electrons. The Morgan fingerprint density at radius 3 is 2.92 bits per heavy atom. The maximum absolute atomic E-state index is 11.1. The Morgan fingerprint density at radius 1 is 1.77 bits per heavy atom. The van der Waals surface area contributed by atoms with Crippen LogP contribution in [0.15, 0.2) is 0 Å². The minimum atomic E-state index is -0.454. The molecule has 0 saturated carbocycles. The predicted molar refractivity (Wildman–Crippen MR) is 47.1 cm³/mol. The minimum Gasteiger partial charge on any atom is -0.352 e. The average Bonchev–Trinajstić information content (AvgIpc) is 2.15. The summed E-state index contributed by atoms with van der Waals surface area (Å²) >= 11 is 0. The van der Waals surface area contributed by atoms with Gasteiger partial charge in [0.25, 0.3) is 0 Å². The summed E-state index contributed by atoms with van der Waals surface area (Å²) in [6, 6.07) is -0.201. The maximum Gasteiger partial charge on any atom is 0.317 e. The third-order valence-corrected chi connectivity index (χ3v) is 2.94. The van der Waals surface area contributed by atoms with E-state index in [-0.39, 0.29) is 12.1 Å². The zero-order valence-electron chi connectivity index (χ0n) is 7.75. The van der Waals surface area contributed by atoms with Crippen molar-refractivity contribution in [3.63, 3.8) is 0 Å². The van der Waals surface area contributed by atoms with Crippen molar-refractivity contribution in [1.82, 2.24) is 10.2 Å². The molecule has 5 heteroatoms. The molecule has 0 aromatic carbocycles. The SMILES string of the molecule is CC1NCC12OCCCN2C(N)=O. The molecule has 13 heavy (non-hydrogen) atoms. The van der Waals surface area contributed by atoms with Crippen LogP contribution in [-0.4, -0.2) is 42.4 Å². The first kappa shape index (κ1) is 8.77. The largest absolute Gasteiger partial charge is 0.352 e. The van der Waals surface area contributed by atoms with E-state index in [0.717, 1.165) is 13.0 Å². The molecule has 2 unspecified atom stereocenters. The standard InChI is InChI=1S/C8H15N3O2/c1-6-8(5-10-6)11(7(9)12)3-2-4-13-8/h6,10H,2-5H2,1H3,(H2,9,12). The Bertz CT molecular complexity index is 233. The predicted octanol–water partition coefficient (Wildman–Crippen LogP) is -0.525. The van der Waals surface area contributed by atoms with E-state index in [9.17, 15) is 4.79 Å². The van der Waals surface area contributed by atoms with E-state index in [1.807, 2.05) is 6.92 Å². The van der Waals surface area contributed by atoms with Gasteiger partial charge in [-0.15, -0.1) is 0 Å². The maximum atomic E-state index is 11.1. The Balaban J connectivity index is 2.17. The Kier molecular flexibility index (Phi) is 1.92. The highest BCUT2D eigenvalue weighted by Gasteiger charge is 2.52. The first-order valence-electron chi connectivity index (χ1n) is 4.61. The van der Waals surface area contributed by atoms with Gasteiger partial charge in [0.15, 0.2) is 5.72 Å². The molecule has 1 spiro atoms. The van der Waals surface area contributed by atoms with Crippen LogP contribution in [0, 0.1) is 0 Å². The van der Waals surface area contributed by atoms with Crippen molar-refractivity contribution >= 4 is 6.03 Å². The minimum absolute atomic E-state index is 0.181. The molecular weight excluding hydrogens is 170 g/mol. The van der Waals surface area contributed by atoms with Gasteiger partial charge in [0, 0.05) is 13.1 Å². The van der Waals surface area contributed by atoms with Crippen molar-refractivity contribution in [3.05, 3.63) is 0 Å². The molecule has 3 N–H and O–H groups in total. The quantitative estimate of drug-likeness (QED) is 0.533. The van der Waals surface area contributed by atoms with Gasteiger partial charge in [-0.1, -0.05) is 0 Å². The second-order valence-electron chi connectivity index (χ2n) is 3.64. The van der Waals surface area contributed by atoms with Crippen molar-refractivity contribution in [1.29, 1.82) is 0 Å². The first-order chi connectivity index (χ1) is 6.17. The molecule has 0 radical (unpaired) electrons. The van der Waals surface area contributed by atoms with Crippen LogP contribution in [-0.2, 0) is 4.74 Å². The third-order valence-electron chi connectivity index (χ3n) is 2.94. The van der Waals surface area contributed by atoms with E-state index in [4.69, 9.17) is 10.5 Å². The van der Waals surface area contributed by atoms with Crippen LogP contribution in [0.3, 0.4) is 0 Å². The van der Waals surface area contributed by atoms with Gasteiger partial charge in [-0.25, -0.2) is 4.79 Å². The monoisotopic (exact) mass is 185 g/mol. The van der Waals surface area contributed by atoms with E-state index < -0.39 is 5.72 Å². The highest BCUT2D eigenvalue weighted by atomic mass is 16.5. The molecular formula is C8H15N3O2. The normalized spacial score (nSPS) is 38.8. The molecule has 0 bridgehead atoms. The van der Waals surface area contributed by atoms with Crippen molar-refractivity contribution in [2.24, 2.45) is 5.73 Å². The van der Waals surface area contributed by atoms with Gasteiger partial charge in [0.05, 0.1) is 12.6 Å². The number of nitrogens with two attached hydrogens (primary N) is 1. The Hall–Kier alpha value is -0.810. The lowest BCUT2D eigenvalue weighted by atomic mass is 9.93. The fraction of sp³-hybridized carbons (Fsp3) is 0.875. The van der Waals surface area contributed by atoms with Gasteiger partial charge in [-0.2, -0.15) is 0 Å². The first-order valence-corrected chi connectivity index (χ1v) is 4.61. The van der Waals surface area contributed by atoms with Crippen molar-refractivity contribution in [2.75, 3.05) is 19.7 Å². The molecule has 2 rings (SSSR count). The number of hydrogen-bond donors (Lipinski definition) is 2. The Labute approximate surface area is 77.2 Å². The molecule has 2 fully saturated rings. The topological polar surface area (TPSA) is 67.6 Å². The van der Waals surface area contributed by atoms with Gasteiger partial charge in [0.2, 0.25) is 0 Å². The molecule has 2 heterocycles. The number of primary amides is 1. The lowest BCUT2D eigenvalue weighted by Gasteiger charge is -2.56. The summed E-state index contributed by atoms with van der Waals surface area (Å²) < 4.78 is 5.65. The van der Waals surface area contributed by atoms with Gasteiger partial charge >= 0.3 is 6.03 Å². The molecule has 0 aliphatic carbocycles. The summed E-state index contributed by atoms with van der Waals surface area (Å²) in [4.78, 5) is 12.8. The van der Waals surface area contributed by atoms with Gasteiger partial charge in [-0.05, 0) is 13.3 Å². The number of nitrogens with one attached hydrogen (secondary N) is 1. The molecule has 2 aliphatic rings. The second kappa shape index (κ2) is 2.85. The van der Waals surface area contributed by atoms with Gasteiger partial charge in [-0.3, -0.25) is 4.90 Å². The number of nitrogens with zero attached hydrogens (tertiary/aromatic N) is 1. The lowest BCUT2D eigenvalue weighted by molar-refractivity contribution is -0.213. The van der Waals surface area contributed by atoms with E-state index in [1.165, 1.54) is 0 Å². The average molecular weight is 185 g/mol. The van der Waals surface area contributed by atoms with E-state index in [1.54, 1.807) is 4.90 Å². The number of carbonyl (C=O) groups excluding carboxylic acids is 1. The highest BCUT2D eigenvalue weighted by Crippen LogP contribution is 2.31. The summed E-state index contributed by atoms with van der Waals surface area (Å²) in [7, 11) is 0. The second-order valence-corrected chi connectivity index (χ2v) is 3.64. The van der Waals surface area contributed by atoms with E-state index >= 15 is 0 Å². The van der Waals surface area contributed by atoms with Crippen molar-refractivity contribution in [2.45, 2.75) is 25.1 Å². The zero-order valence-corrected chi connectivity index (χ0v) is 7.75. The number of rotatable bonds is 0. The molecule has 2 atom stereocenters. The Morgan fingerprint density at radius 2 is 2.54 bits per heavy atom. The number of hydrogen-bond acceptors (Lipinski definition) is 3. The molecule has 2 aliphatic heterocycles. The number of urea groups is 1. The number of amides is 2. The van der Waals surface area contributed by atoms with Crippen LogP contribution in [0.25, 0.3) is 0 Å². The van der Waals surface area contributed by atoms with Crippen LogP contribution in [0.2, 0.25) is 0 Å². The molecule has 0 aromatic heterocycles. The van der Waals surface area contributed by atoms with E-state index in [2.05, 4.69) is 5.32 Å². The zero-order chi connectivity index (χ0) is 9.47. The summed E-state index contributed by atoms with van der Waals surface area (Å²) in [6.45, 7) is 4.12. The fourth-order valence-electron chi connectivity index (χ4n) is 2.02. The fourth-order valence-corrected chi connectivity index (χ4v) is 2.02. The van der Waals surface area contributed by atoms with Crippen LogP contribution in [0.5, 0.6) is 0 Å². The summed E-state index contributed by atoms with van der Waals surface area (Å²) in [5.41, 5.74) is 4.84. The smallest absolute Gasteiger partial charge is 0.317 e. The van der Waals surface area contributed by atoms with Gasteiger partial charge in [0.1, 0.15) is 0 Å². The number of ether oxygens (including phenoxy) is 1. The van der Waals surface area contributed by atoms with Crippen molar-refractivity contribution < 1.29 is 9.53 Å². The van der Waals surface area contributed by atoms with Gasteiger partial charge < -0.3 is 15.8 Å². The third kappa shape index (κ3) is 1.11. The summed E-state index contributed by atoms with van der Waals surface area (Å²) in [5.74, 6) is 0. The van der Waals surface area contributed by atoms with Crippen LogP contribution >= 0.6 is 0 Å². The van der Waals surface area contributed by atoms with Crippen LogP contribution in [0.1, 0.15) is 13.3 Å². The molecule has 5 nitrogen and oxygen atoms in total.